The number of carbonyl (C=O) groups excluding carboxylic acids is 1. The highest BCUT2D eigenvalue weighted by Crippen LogP contribution is 2.35. The van der Waals surface area contributed by atoms with Crippen molar-refractivity contribution in [3.8, 4) is 17.2 Å². The van der Waals surface area contributed by atoms with Crippen LogP contribution in [-0.2, 0) is 4.79 Å². The van der Waals surface area contributed by atoms with Crippen molar-refractivity contribution in [3.05, 3.63) is 42.7 Å². The molecule has 45 heavy (non-hydrogen) atoms. The van der Waals surface area contributed by atoms with Gasteiger partial charge in [-0.2, -0.15) is 0 Å². The molecule has 2 aromatic carbocycles. The number of piperidine rings is 1. The lowest BCUT2D eigenvalue weighted by atomic mass is 10.1. The molecule has 2 aliphatic rings. The van der Waals surface area contributed by atoms with E-state index < -0.39 is 5.97 Å². The minimum absolute atomic E-state index is 0.106. The van der Waals surface area contributed by atoms with Crippen molar-refractivity contribution in [1.29, 1.82) is 0 Å². The van der Waals surface area contributed by atoms with Gasteiger partial charge in [-0.05, 0) is 76.5 Å². The first-order valence-corrected chi connectivity index (χ1v) is 15.7. The summed E-state index contributed by atoms with van der Waals surface area (Å²) in [5.41, 5.74) is 1.55. The number of rotatable bonds is 10. The van der Waals surface area contributed by atoms with E-state index >= 15 is 0 Å². The quantitative estimate of drug-likeness (QED) is 0.294. The number of anilines is 2. The average Bonchev–Trinajstić information content (AvgIpc) is 3.03. The maximum atomic E-state index is 12.9. The Labute approximate surface area is 265 Å². The first-order chi connectivity index (χ1) is 21.7. The summed E-state index contributed by atoms with van der Waals surface area (Å²) in [6.45, 7) is 11.6. The van der Waals surface area contributed by atoms with E-state index in [0.29, 0.717) is 44.3 Å². The van der Waals surface area contributed by atoms with Crippen molar-refractivity contribution in [2.75, 3.05) is 69.7 Å². The number of hydrogen-bond donors (Lipinski definition) is 2. The molecule has 1 aromatic heterocycles. The molecule has 2 aliphatic heterocycles. The van der Waals surface area contributed by atoms with Gasteiger partial charge in [0.05, 0.1) is 25.3 Å². The van der Waals surface area contributed by atoms with Crippen LogP contribution in [0.5, 0.6) is 17.2 Å². The number of piperazine rings is 1. The van der Waals surface area contributed by atoms with Crippen molar-refractivity contribution in [2.24, 2.45) is 0 Å². The summed E-state index contributed by atoms with van der Waals surface area (Å²) < 4.78 is 17.5. The van der Waals surface area contributed by atoms with Gasteiger partial charge in [0, 0.05) is 56.8 Å². The van der Waals surface area contributed by atoms with E-state index in [0.717, 1.165) is 48.0 Å². The predicted molar refractivity (Wildman–Crippen MR) is 175 cm³/mol. The third-order valence-electron chi connectivity index (χ3n) is 7.57. The fourth-order valence-corrected chi connectivity index (χ4v) is 5.44. The lowest BCUT2D eigenvalue weighted by Gasteiger charge is -2.35. The van der Waals surface area contributed by atoms with E-state index in [4.69, 9.17) is 24.1 Å². The number of carboxylic acid groups (broad SMARTS) is 1. The van der Waals surface area contributed by atoms with E-state index in [2.05, 4.69) is 25.1 Å². The minimum Gasteiger partial charge on any atom is -0.493 e. The third kappa shape index (κ3) is 10.1. The lowest BCUT2D eigenvalue weighted by Crippen LogP contribution is -2.50. The summed E-state index contributed by atoms with van der Waals surface area (Å²) in [5, 5.41) is 11.3. The van der Waals surface area contributed by atoms with E-state index in [1.54, 1.807) is 13.4 Å². The Kier molecular flexibility index (Phi) is 12.4. The molecule has 2 amide bonds. The fraction of sp³-hybridized carbons (Fsp3) is 0.515. The number of carboxylic acids is 1. The molecule has 0 aliphatic carbocycles. The molecule has 0 spiro atoms. The number of methoxy groups -OCH3 is 1. The number of aliphatic carboxylic acids is 1. The van der Waals surface area contributed by atoms with Crippen LogP contribution in [0.1, 0.15) is 46.5 Å². The summed E-state index contributed by atoms with van der Waals surface area (Å²) in [6, 6.07) is 11.3. The van der Waals surface area contributed by atoms with Crippen LogP contribution in [0.2, 0.25) is 0 Å². The number of likely N-dealkylation sites (tertiary alicyclic amines) is 1. The Balaban J connectivity index is 0.00000109. The Morgan fingerprint density at radius 3 is 2.29 bits per heavy atom. The van der Waals surface area contributed by atoms with Gasteiger partial charge in [-0.25, -0.2) is 14.8 Å². The zero-order valence-electron chi connectivity index (χ0n) is 26.8. The molecule has 2 N–H and O–H groups in total. The number of fused-ring (bicyclic) bond motifs is 1. The number of nitrogens with one attached hydrogen (secondary N) is 1. The van der Waals surface area contributed by atoms with Crippen LogP contribution in [0.25, 0.3) is 10.9 Å². The molecular formula is C33H46N6O6. The van der Waals surface area contributed by atoms with Crippen molar-refractivity contribution in [3.63, 3.8) is 0 Å². The maximum Gasteiger partial charge on any atom is 0.321 e. The SMILES string of the molecule is CC(=O)O.COc1cc2c(N3CCN(C(=O)Nc4ccc(OC(C)C)cc4)CC3)ncnc2cc1OCCCN1CCCCC1. The molecule has 0 bridgehead atoms. The molecule has 244 valence electrons. The molecule has 3 heterocycles. The number of urea groups is 1. The first-order valence-electron chi connectivity index (χ1n) is 15.7. The second-order valence-electron chi connectivity index (χ2n) is 11.4. The zero-order chi connectivity index (χ0) is 32.2. The standard InChI is InChI=1S/C31H42N6O4.C2H4O2/c1-23(2)41-25-10-8-24(9-11-25)34-31(38)37-17-15-36(16-18-37)30-26-20-28(39-3)29(21-27(26)32-22-33-30)40-19-7-14-35-12-5-4-6-13-35;1-2(3)4/h8-11,20-23H,4-7,12-19H2,1-3H3,(H,34,38);1H3,(H,3,4). The highest BCUT2D eigenvalue weighted by molar-refractivity contribution is 5.92. The largest absolute Gasteiger partial charge is 0.493 e. The maximum absolute atomic E-state index is 12.9. The van der Waals surface area contributed by atoms with E-state index in [1.165, 1.54) is 32.4 Å². The summed E-state index contributed by atoms with van der Waals surface area (Å²) in [6.07, 6.45) is 6.62. The number of aromatic nitrogens is 2. The summed E-state index contributed by atoms with van der Waals surface area (Å²) in [5.74, 6) is 2.17. The Morgan fingerprint density at radius 2 is 1.64 bits per heavy atom. The van der Waals surface area contributed by atoms with E-state index in [1.807, 2.05) is 55.1 Å². The van der Waals surface area contributed by atoms with Crippen LogP contribution in [0.15, 0.2) is 42.7 Å². The Bertz CT molecular complexity index is 1380. The van der Waals surface area contributed by atoms with Crippen LogP contribution in [0, 0.1) is 0 Å². The van der Waals surface area contributed by atoms with Crippen LogP contribution >= 0.6 is 0 Å². The van der Waals surface area contributed by atoms with Gasteiger partial charge < -0.3 is 39.3 Å². The second-order valence-corrected chi connectivity index (χ2v) is 11.4. The molecular weight excluding hydrogens is 576 g/mol. The van der Waals surface area contributed by atoms with Gasteiger partial charge in [0.1, 0.15) is 17.9 Å². The zero-order valence-corrected chi connectivity index (χ0v) is 26.8. The van der Waals surface area contributed by atoms with Gasteiger partial charge in [-0.3, -0.25) is 4.79 Å². The lowest BCUT2D eigenvalue weighted by molar-refractivity contribution is -0.134. The summed E-state index contributed by atoms with van der Waals surface area (Å²) >= 11 is 0. The molecule has 0 saturated carbocycles. The molecule has 0 radical (unpaired) electrons. The molecule has 2 saturated heterocycles. The van der Waals surface area contributed by atoms with Crippen LogP contribution in [0.4, 0.5) is 16.3 Å². The monoisotopic (exact) mass is 622 g/mol. The predicted octanol–water partition coefficient (Wildman–Crippen LogP) is 5.13. The topological polar surface area (TPSA) is 130 Å². The first kappa shape index (κ1) is 33.6. The van der Waals surface area contributed by atoms with Gasteiger partial charge in [0.2, 0.25) is 0 Å². The third-order valence-corrected chi connectivity index (χ3v) is 7.57. The molecule has 3 aromatic rings. The number of benzene rings is 2. The molecule has 0 unspecified atom stereocenters. The smallest absolute Gasteiger partial charge is 0.321 e. The Hall–Kier alpha value is -4.32. The summed E-state index contributed by atoms with van der Waals surface area (Å²) in [7, 11) is 1.66. The molecule has 5 rings (SSSR count). The minimum atomic E-state index is -0.833. The highest BCUT2D eigenvalue weighted by atomic mass is 16.5. The number of ether oxygens (including phenoxy) is 3. The fourth-order valence-electron chi connectivity index (χ4n) is 5.44. The molecule has 2 fully saturated rings. The number of hydrogen-bond acceptors (Lipinski definition) is 9. The Morgan fingerprint density at radius 1 is 0.956 bits per heavy atom. The number of nitrogens with zero attached hydrogens (tertiary/aromatic N) is 5. The van der Waals surface area contributed by atoms with Crippen LogP contribution < -0.4 is 24.4 Å². The van der Waals surface area contributed by atoms with E-state index in [9.17, 15) is 4.79 Å². The van der Waals surface area contributed by atoms with Gasteiger partial charge >= 0.3 is 6.03 Å². The molecule has 12 heteroatoms. The van der Waals surface area contributed by atoms with Gasteiger partial charge in [0.25, 0.3) is 5.97 Å². The number of carbonyl (C=O) groups is 2. The van der Waals surface area contributed by atoms with Crippen LogP contribution in [0.3, 0.4) is 0 Å². The molecule has 12 nitrogen and oxygen atoms in total. The second kappa shape index (κ2) is 16.7. The molecule has 0 atom stereocenters. The van der Waals surface area contributed by atoms with Crippen molar-refractivity contribution in [1.82, 2.24) is 19.8 Å². The normalized spacial score (nSPS) is 15.3. The number of amides is 2. The van der Waals surface area contributed by atoms with Gasteiger partial charge in [-0.1, -0.05) is 6.42 Å². The van der Waals surface area contributed by atoms with E-state index in [-0.39, 0.29) is 12.1 Å². The van der Waals surface area contributed by atoms with Gasteiger partial charge in [0.15, 0.2) is 11.5 Å². The highest BCUT2D eigenvalue weighted by Gasteiger charge is 2.24. The van der Waals surface area contributed by atoms with Crippen molar-refractivity contribution in [2.45, 2.75) is 52.6 Å². The van der Waals surface area contributed by atoms with Crippen LogP contribution in [-0.4, -0.2) is 103 Å². The van der Waals surface area contributed by atoms with Gasteiger partial charge in [-0.15, -0.1) is 0 Å². The van der Waals surface area contributed by atoms with Crippen molar-refractivity contribution < 1.29 is 28.9 Å². The average molecular weight is 623 g/mol. The van der Waals surface area contributed by atoms with Crippen molar-refractivity contribution >= 4 is 34.4 Å². The summed E-state index contributed by atoms with van der Waals surface area (Å²) in [4.78, 5) is 37.6.